The molecule has 2 heteroatoms. The summed E-state index contributed by atoms with van der Waals surface area (Å²) in [5.41, 5.74) is 1.32. The van der Waals surface area contributed by atoms with Gasteiger partial charge in [0, 0.05) is 6.61 Å². The minimum atomic E-state index is 0.280. The Kier molecular flexibility index (Phi) is 3.54. The molecule has 2 aromatic carbocycles. The van der Waals surface area contributed by atoms with Crippen LogP contribution in [0.4, 0.5) is 0 Å². The van der Waals surface area contributed by atoms with Gasteiger partial charge in [0.2, 0.25) is 0 Å². The number of benzene rings is 2. The molecule has 3 atom stereocenters. The van der Waals surface area contributed by atoms with Gasteiger partial charge in [0.15, 0.2) is 0 Å². The summed E-state index contributed by atoms with van der Waals surface area (Å²) in [6, 6.07) is 15.5. The van der Waals surface area contributed by atoms with Crippen molar-refractivity contribution in [2.75, 3.05) is 13.7 Å². The molecule has 0 bridgehead atoms. The van der Waals surface area contributed by atoms with Gasteiger partial charge in [-0.2, -0.15) is 0 Å². The van der Waals surface area contributed by atoms with Crippen LogP contribution < -0.4 is 5.32 Å². The summed E-state index contributed by atoms with van der Waals surface area (Å²) >= 11 is 0. The number of hydrogen-bond donors (Lipinski definition) is 1. The van der Waals surface area contributed by atoms with Gasteiger partial charge in [0.1, 0.15) is 0 Å². The third kappa shape index (κ3) is 2.38. The minimum absolute atomic E-state index is 0.280. The maximum atomic E-state index is 5.92. The molecule has 2 aromatic rings. The van der Waals surface area contributed by atoms with Gasteiger partial charge >= 0.3 is 0 Å². The third-order valence-electron chi connectivity index (χ3n) is 4.22. The van der Waals surface area contributed by atoms with Crippen molar-refractivity contribution < 1.29 is 4.74 Å². The first kappa shape index (κ1) is 12.6. The van der Waals surface area contributed by atoms with E-state index in [1.165, 1.54) is 16.3 Å². The molecule has 1 saturated heterocycles. The molecule has 0 radical (unpaired) electrons. The second-order valence-corrected chi connectivity index (χ2v) is 5.47. The number of nitrogens with one attached hydrogen (secondary N) is 1. The molecular weight excluding hydrogens is 234 g/mol. The molecule has 3 unspecified atom stereocenters. The van der Waals surface area contributed by atoms with Crippen molar-refractivity contribution in [2.24, 2.45) is 5.92 Å². The first-order chi connectivity index (χ1) is 9.29. The van der Waals surface area contributed by atoms with E-state index in [0.29, 0.717) is 5.92 Å². The summed E-state index contributed by atoms with van der Waals surface area (Å²) in [7, 11) is 2.02. The Hall–Kier alpha value is -1.38. The largest absolute Gasteiger partial charge is 0.376 e. The van der Waals surface area contributed by atoms with Gasteiger partial charge < -0.3 is 10.1 Å². The molecule has 1 N–H and O–H groups in total. The lowest BCUT2D eigenvalue weighted by Gasteiger charge is -2.26. The zero-order chi connectivity index (χ0) is 13.2. The van der Waals surface area contributed by atoms with Gasteiger partial charge in [-0.25, -0.2) is 0 Å². The van der Waals surface area contributed by atoms with Crippen molar-refractivity contribution >= 4 is 10.8 Å². The van der Waals surface area contributed by atoms with E-state index in [2.05, 4.69) is 54.7 Å². The van der Waals surface area contributed by atoms with E-state index in [0.717, 1.165) is 13.0 Å². The van der Waals surface area contributed by atoms with Crippen LogP contribution in [0.1, 0.15) is 24.9 Å². The van der Waals surface area contributed by atoms with Crippen molar-refractivity contribution in [2.45, 2.75) is 25.5 Å². The predicted octanol–water partition coefficient (Wildman–Crippen LogP) is 3.53. The normalized spacial score (nSPS) is 24.7. The fraction of sp³-hybridized carbons (Fsp3) is 0.412. The Morgan fingerprint density at radius 1 is 1.16 bits per heavy atom. The highest BCUT2D eigenvalue weighted by atomic mass is 16.5. The highest BCUT2D eigenvalue weighted by Gasteiger charge is 2.32. The van der Waals surface area contributed by atoms with Gasteiger partial charge in [-0.3, -0.25) is 0 Å². The zero-order valence-corrected chi connectivity index (χ0v) is 11.6. The van der Waals surface area contributed by atoms with E-state index in [4.69, 9.17) is 4.74 Å². The molecular formula is C17H21NO. The Balaban J connectivity index is 1.96. The monoisotopic (exact) mass is 255 g/mol. The predicted molar refractivity (Wildman–Crippen MR) is 79.3 cm³/mol. The second-order valence-electron chi connectivity index (χ2n) is 5.47. The van der Waals surface area contributed by atoms with E-state index >= 15 is 0 Å². The molecule has 100 valence electrons. The molecule has 0 amide bonds. The van der Waals surface area contributed by atoms with Gasteiger partial charge in [-0.1, -0.05) is 43.3 Å². The fourth-order valence-electron chi connectivity index (χ4n) is 3.07. The molecule has 2 nitrogen and oxygen atoms in total. The highest BCUT2D eigenvalue weighted by molar-refractivity contribution is 5.83. The number of hydrogen-bond acceptors (Lipinski definition) is 2. The van der Waals surface area contributed by atoms with Gasteiger partial charge in [-0.15, -0.1) is 0 Å². The summed E-state index contributed by atoms with van der Waals surface area (Å²) in [6.45, 7) is 3.17. The second kappa shape index (κ2) is 5.32. The van der Waals surface area contributed by atoms with E-state index in [9.17, 15) is 0 Å². The van der Waals surface area contributed by atoms with Gasteiger partial charge in [0.05, 0.1) is 12.1 Å². The van der Waals surface area contributed by atoms with E-state index in [1.54, 1.807) is 0 Å². The first-order valence-electron chi connectivity index (χ1n) is 7.07. The highest BCUT2D eigenvalue weighted by Crippen LogP contribution is 2.32. The standard InChI is InChI=1S/C17H21NO/c1-12-9-10-19-17(12)16(18-2)15-8-7-13-5-3-4-6-14(13)11-15/h3-8,11-12,16-18H,9-10H2,1-2H3. The summed E-state index contributed by atoms with van der Waals surface area (Å²) in [5.74, 6) is 0.615. The number of fused-ring (bicyclic) bond motifs is 1. The Morgan fingerprint density at radius 2 is 1.95 bits per heavy atom. The van der Waals surface area contributed by atoms with E-state index in [-0.39, 0.29) is 12.1 Å². The van der Waals surface area contributed by atoms with E-state index < -0.39 is 0 Å². The Bertz CT molecular complexity index is 566. The molecule has 19 heavy (non-hydrogen) atoms. The summed E-state index contributed by atoms with van der Waals surface area (Å²) in [5, 5.41) is 6.02. The minimum Gasteiger partial charge on any atom is -0.376 e. The van der Waals surface area contributed by atoms with Crippen LogP contribution in [-0.2, 0) is 4.74 Å². The van der Waals surface area contributed by atoms with Crippen molar-refractivity contribution in [3.8, 4) is 0 Å². The summed E-state index contributed by atoms with van der Waals surface area (Å²) in [6.07, 6.45) is 1.45. The maximum Gasteiger partial charge on any atom is 0.0795 e. The van der Waals surface area contributed by atoms with Crippen molar-refractivity contribution in [3.63, 3.8) is 0 Å². The van der Waals surface area contributed by atoms with Crippen LogP contribution in [0.25, 0.3) is 10.8 Å². The van der Waals surface area contributed by atoms with E-state index in [1.807, 2.05) is 7.05 Å². The van der Waals surface area contributed by atoms with Crippen LogP contribution in [0.3, 0.4) is 0 Å². The average molecular weight is 255 g/mol. The lowest BCUT2D eigenvalue weighted by molar-refractivity contribution is 0.0632. The Labute approximate surface area is 114 Å². The molecule has 1 aliphatic rings. The molecule has 3 rings (SSSR count). The van der Waals surface area contributed by atoms with Crippen LogP contribution in [0.5, 0.6) is 0 Å². The average Bonchev–Trinajstić information content (AvgIpc) is 2.86. The summed E-state index contributed by atoms with van der Waals surface area (Å²) < 4.78 is 5.92. The SMILES string of the molecule is CNC(c1ccc2ccccc2c1)C1OCCC1C. The fourth-order valence-corrected chi connectivity index (χ4v) is 3.07. The summed E-state index contributed by atoms with van der Waals surface area (Å²) in [4.78, 5) is 0. The number of rotatable bonds is 3. The molecule has 1 heterocycles. The smallest absolute Gasteiger partial charge is 0.0795 e. The first-order valence-corrected chi connectivity index (χ1v) is 7.07. The molecule has 1 fully saturated rings. The van der Waals surface area contributed by atoms with Crippen molar-refractivity contribution in [1.29, 1.82) is 0 Å². The molecule has 0 aromatic heterocycles. The molecule has 0 saturated carbocycles. The van der Waals surface area contributed by atoms with Crippen LogP contribution in [0.2, 0.25) is 0 Å². The van der Waals surface area contributed by atoms with Crippen LogP contribution in [0.15, 0.2) is 42.5 Å². The zero-order valence-electron chi connectivity index (χ0n) is 11.6. The molecule has 0 aliphatic carbocycles. The van der Waals surface area contributed by atoms with Crippen LogP contribution in [0, 0.1) is 5.92 Å². The molecule has 1 aliphatic heterocycles. The van der Waals surface area contributed by atoms with Crippen molar-refractivity contribution in [1.82, 2.24) is 5.32 Å². The maximum absolute atomic E-state index is 5.92. The quantitative estimate of drug-likeness (QED) is 0.906. The van der Waals surface area contributed by atoms with Crippen LogP contribution in [-0.4, -0.2) is 19.8 Å². The van der Waals surface area contributed by atoms with Crippen LogP contribution >= 0.6 is 0 Å². The van der Waals surface area contributed by atoms with Crippen molar-refractivity contribution in [3.05, 3.63) is 48.0 Å². The molecule has 0 spiro atoms. The van der Waals surface area contributed by atoms with Gasteiger partial charge in [-0.05, 0) is 41.8 Å². The number of likely N-dealkylation sites (N-methyl/N-ethyl adjacent to an activating group) is 1. The Morgan fingerprint density at radius 3 is 2.63 bits per heavy atom. The lowest BCUT2D eigenvalue weighted by atomic mass is 9.91. The lowest BCUT2D eigenvalue weighted by Crippen LogP contribution is -2.32. The third-order valence-corrected chi connectivity index (χ3v) is 4.22. The topological polar surface area (TPSA) is 21.3 Å². The number of ether oxygens (including phenoxy) is 1. The van der Waals surface area contributed by atoms with Gasteiger partial charge in [0.25, 0.3) is 0 Å².